The molecule has 7 heteroatoms. The third-order valence-corrected chi connectivity index (χ3v) is 4.85. The smallest absolute Gasteiger partial charge is 0.370 e. The molecule has 1 saturated carbocycles. The average molecular weight is 342 g/mol. The van der Waals surface area contributed by atoms with Gasteiger partial charge in [0.25, 0.3) is 0 Å². The number of benzene rings is 1. The molecule has 1 aliphatic heterocycles. The minimum Gasteiger partial charge on any atom is -0.370 e. The van der Waals surface area contributed by atoms with Gasteiger partial charge in [-0.15, -0.1) is 0 Å². The Balaban J connectivity index is 1.73. The summed E-state index contributed by atoms with van der Waals surface area (Å²) >= 11 is 0. The van der Waals surface area contributed by atoms with Gasteiger partial charge in [-0.25, -0.2) is 0 Å². The Morgan fingerprint density at radius 2 is 2.08 bits per heavy atom. The highest BCUT2D eigenvalue weighted by atomic mass is 19.4. The van der Waals surface area contributed by atoms with Gasteiger partial charge in [0.2, 0.25) is 5.91 Å². The largest absolute Gasteiger partial charge is 0.416 e. The summed E-state index contributed by atoms with van der Waals surface area (Å²) in [7, 11) is 0. The molecule has 3 rings (SSSR count). The molecule has 1 saturated heterocycles. The van der Waals surface area contributed by atoms with Crippen LogP contribution < -0.4 is 5.73 Å². The molecule has 24 heavy (non-hydrogen) atoms. The lowest BCUT2D eigenvalue weighted by molar-refractivity contribution is -0.144. The van der Waals surface area contributed by atoms with Gasteiger partial charge in [-0.3, -0.25) is 4.79 Å². The molecule has 0 radical (unpaired) electrons. The van der Waals surface area contributed by atoms with Crippen LogP contribution in [0.15, 0.2) is 24.3 Å². The van der Waals surface area contributed by atoms with Gasteiger partial charge in [0.15, 0.2) is 0 Å². The van der Waals surface area contributed by atoms with E-state index in [9.17, 15) is 18.0 Å². The molecule has 0 spiro atoms. The van der Waals surface area contributed by atoms with Crippen LogP contribution in [0.3, 0.4) is 0 Å². The van der Waals surface area contributed by atoms with Crippen molar-refractivity contribution < 1.29 is 22.7 Å². The fraction of sp³-hybridized carbons (Fsp3) is 0.588. The van der Waals surface area contributed by atoms with Gasteiger partial charge in [0, 0.05) is 12.6 Å². The second kappa shape index (κ2) is 6.72. The van der Waals surface area contributed by atoms with E-state index in [2.05, 4.69) is 0 Å². The number of carbonyl (C=O) groups is 1. The van der Waals surface area contributed by atoms with Crippen LogP contribution in [-0.2, 0) is 15.7 Å². The van der Waals surface area contributed by atoms with Gasteiger partial charge in [0.05, 0.1) is 24.6 Å². The number of ether oxygens (including phenoxy) is 1. The summed E-state index contributed by atoms with van der Waals surface area (Å²) in [5.74, 6) is -0.175. The van der Waals surface area contributed by atoms with Crippen LogP contribution >= 0.6 is 0 Å². The fourth-order valence-corrected chi connectivity index (χ4v) is 3.50. The Morgan fingerprint density at radius 3 is 2.75 bits per heavy atom. The normalized spacial score (nSPS) is 28.2. The van der Waals surface area contributed by atoms with E-state index >= 15 is 0 Å². The maximum atomic E-state index is 12.9. The molecule has 3 atom stereocenters. The fourth-order valence-electron chi connectivity index (χ4n) is 3.50. The van der Waals surface area contributed by atoms with Crippen LogP contribution in [0.1, 0.15) is 36.5 Å². The van der Waals surface area contributed by atoms with Crippen molar-refractivity contribution in [2.24, 2.45) is 11.7 Å². The molecule has 1 amide bonds. The van der Waals surface area contributed by atoms with E-state index in [1.165, 1.54) is 6.07 Å². The van der Waals surface area contributed by atoms with Crippen molar-refractivity contribution in [2.75, 3.05) is 19.7 Å². The first-order valence-electron chi connectivity index (χ1n) is 8.19. The average Bonchev–Trinajstić information content (AvgIpc) is 3.00. The van der Waals surface area contributed by atoms with Crippen LogP contribution in [0.5, 0.6) is 0 Å². The quantitative estimate of drug-likeness (QED) is 0.899. The molecule has 1 aliphatic carbocycles. The number of alkyl halides is 3. The number of nitrogens with two attached hydrogens (primary N) is 1. The summed E-state index contributed by atoms with van der Waals surface area (Å²) in [6.45, 7) is 1.04. The number of nitrogens with zero attached hydrogens (tertiary/aromatic N) is 1. The van der Waals surface area contributed by atoms with Gasteiger partial charge >= 0.3 is 6.18 Å². The molecule has 1 heterocycles. The summed E-state index contributed by atoms with van der Waals surface area (Å²) in [6, 6.07) is 4.99. The number of morpholine rings is 1. The van der Waals surface area contributed by atoms with Crippen LogP contribution in [-0.4, -0.2) is 36.5 Å². The number of halogens is 3. The van der Waals surface area contributed by atoms with Crippen LogP contribution in [0.4, 0.5) is 13.2 Å². The highest BCUT2D eigenvalue weighted by Gasteiger charge is 2.36. The molecule has 0 aromatic heterocycles. The summed E-state index contributed by atoms with van der Waals surface area (Å²) in [5, 5.41) is 0. The molecule has 4 nitrogen and oxygen atoms in total. The van der Waals surface area contributed by atoms with Crippen LogP contribution in [0.2, 0.25) is 0 Å². The lowest BCUT2D eigenvalue weighted by atomic mass is 10.0. The Kier molecular flexibility index (Phi) is 4.83. The maximum Gasteiger partial charge on any atom is 0.416 e. The third-order valence-electron chi connectivity index (χ3n) is 4.85. The molecule has 1 aromatic carbocycles. The molecule has 2 aliphatic rings. The van der Waals surface area contributed by atoms with Crippen molar-refractivity contribution in [1.29, 1.82) is 0 Å². The van der Waals surface area contributed by atoms with E-state index in [-0.39, 0.29) is 24.4 Å². The molecule has 0 unspecified atom stereocenters. The highest BCUT2D eigenvalue weighted by molar-refractivity contribution is 5.80. The topological polar surface area (TPSA) is 55.6 Å². The summed E-state index contributed by atoms with van der Waals surface area (Å²) in [4.78, 5) is 14.3. The molecule has 2 fully saturated rings. The van der Waals surface area contributed by atoms with Crippen molar-refractivity contribution in [1.82, 2.24) is 4.90 Å². The summed E-state index contributed by atoms with van der Waals surface area (Å²) in [5.41, 5.74) is 5.74. The van der Waals surface area contributed by atoms with E-state index in [4.69, 9.17) is 10.5 Å². The summed E-state index contributed by atoms with van der Waals surface area (Å²) < 4.78 is 44.2. The lowest BCUT2D eigenvalue weighted by Gasteiger charge is -2.35. The van der Waals surface area contributed by atoms with Crippen molar-refractivity contribution in [3.63, 3.8) is 0 Å². The van der Waals surface area contributed by atoms with Gasteiger partial charge < -0.3 is 15.4 Å². The first kappa shape index (κ1) is 17.2. The first-order valence-corrected chi connectivity index (χ1v) is 8.19. The maximum absolute atomic E-state index is 12.9. The second-order valence-electron chi connectivity index (χ2n) is 6.47. The molecule has 132 valence electrons. The molecular weight excluding hydrogens is 321 g/mol. The van der Waals surface area contributed by atoms with Crippen molar-refractivity contribution in [3.8, 4) is 0 Å². The van der Waals surface area contributed by atoms with Crippen LogP contribution in [0, 0.1) is 5.92 Å². The summed E-state index contributed by atoms with van der Waals surface area (Å²) in [6.07, 6.45) is -2.36. The van der Waals surface area contributed by atoms with Gasteiger partial charge in [-0.05, 0) is 30.5 Å². The van der Waals surface area contributed by atoms with E-state index in [1.54, 1.807) is 11.0 Å². The minimum absolute atomic E-state index is 0.000256. The van der Waals surface area contributed by atoms with Crippen molar-refractivity contribution >= 4 is 5.91 Å². The Hall–Kier alpha value is -1.60. The zero-order valence-corrected chi connectivity index (χ0v) is 13.3. The Bertz CT molecular complexity index is 606. The van der Waals surface area contributed by atoms with Crippen molar-refractivity contribution in [2.45, 2.75) is 37.6 Å². The van der Waals surface area contributed by atoms with E-state index in [0.717, 1.165) is 31.4 Å². The second-order valence-corrected chi connectivity index (χ2v) is 6.47. The van der Waals surface area contributed by atoms with Gasteiger partial charge in [0.1, 0.15) is 6.10 Å². The standard InChI is InChI=1S/C17H21F3N2O2/c18-17(19,20)12-4-1-3-11(9-12)15-10-22(7-8-24-15)16(23)13-5-2-6-14(13)21/h1,3-4,9,13-15H,2,5-8,10,21H2/t13-,14+,15-/m0/s1. The van der Waals surface area contributed by atoms with Gasteiger partial charge in [-0.1, -0.05) is 18.6 Å². The van der Waals surface area contributed by atoms with E-state index < -0.39 is 17.8 Å². The number of hydrogen-bond donors (Lipinski definition) is 1. The Morgan fingerprint density at radius 1 is 1.29 bits per heavy atom. The first-order chi connectivity index (χ1) is 11.4. The predicted molar refractivity (Wildman–Crippen MR) is 82.0 cm³/mol. The SMILES string of the molecule is N[C@@H]1CCC[C@@H]1C(=O)N1CCO[C@H](c2cccc(C(F)(F)F)c2)C1. The van der Waals surface area contributed by atoms with E-state index in [1.807, 2.05) is 0 Å². The molecule has 2 N–H and O–H groups in total. The number of hydrogen-bond acceptors (Lipinski definition) is 3. The molecule has 0 bridgehead atoms. The zero-order valence-electron chi connectivity index (χ0n) is 13.3. The number of rotatable bonds is 2. The van der Waals surface area contributed by atoms with Crippen molar-refractivity contribution in [3.05, 3.63) is 35.4 Å². The highest BCUT2D eigenvalue weighted by Crippen LogP contribution is 2.33. The lowest BCUT2D eigenvalue weighted by Crippen LogP contribution is -2.47. The molecular formula is C17H21F3N2O2. The van der Waals surface area contributed by atoms with Crippen LogP contribution in [0.25, 0.3) is 0 Å². The third kappa shape index (κ3) is 3.57. The predicted octanol–water partition coefficient (Wildman–Crippen LogP) is 2.73. The van der Waals surface area contributed by atoms with E-state index in [0.29, 0.717) is 18.7 Å². The van der Waals surface area contributed by atoms with Gasteiger partial charge in [-0.2, -0.15) is 13.2 Å². The molecule has 1 aromatic rings. The number of carbonyl (C=O) groups excluding carboxylic acids is 1. The minimum atomic E-state index is -4.39. The monoisotopic (exact) mass is 342 g/mol. The Labute approximate surface area is 138 Å². The zero-order chi connectivity index (χ0) is 17.3. The number of amides is 1.